The molecule has 0 amide bonds. The average Bonchev–Trinajstić information content (AvgIpc) is 2.51. The monoisotopic (exact) mass is 196 g/mol. The lowest BCUT2D eigenvalue weighted by molar-refractivity contribution is 0.00487. The van der Waals surface area contributed by atoms with Gasteiger partial charge in [-0.05, 0) is 62.7 Å². The van der Waals surface area contributed by atoms with E-state index in [1.165, 1.54) is 19.3 Å². The van der Waals surface area contributed by atoms with E-state index in [0.717, 1.165) is 24.2 Å². The zero-order valence-electron chi connectivity index (χ0n) is 10.0. The largest absolute Gasteiger partial charge is 0.390 e. The normalized spacial score (nSPS) is 40.5. The van der Waals surface area contributed by atoms with E-state index >= 15 is 0 Å². The minimum Gasteiger partial charge on any atom is -0.390 e. The Morgan fingerprint density at radius 3 is 2.36 bits per heavy atom. The van der Waals surface area contributed by atoms with Crippen LogP contribution in [0.3, 0.4) is 0 Å². The zero-order valence-corrected chi connectivity index (χ0v) is 10.0. The molecule has 0 radical (unpaired) electrons. The second kappa shape index (κ2) is 2.98. The van der Waals surface area contributed by atoms with Crippen LogP contribution in [0.15, 0.2) is 0 Å². The Kier molecular flexibility index (Phi) is 2.23. The fourth-order valence-electron chi connectivity index (χ4n) is 3.94. The standard InChI is InChI=1S/C13H24O/c1-12(2,14)8-11-9-5-6-10(7-9)13(11,3)4/h9-11,14H,5-8H2,1-4H3. The summed E-state index contributed by atoms with van der Waals surface area (Å²) in [5.74, 6) is 2.59. The summed E-state index contributed by atoms with van der Waals surface area (Å²) in [6.45, 7) is 8.73. The summed E-state index contributed by atoms with van der Waals surface area (Å²) >= 11 is 0. The van der Waals surface area contributed by atoms with Gasteiger partial charge in [-0.25, -0.2) is 0 Å². The molecular formula is C13H24O. The first-order valence-electron chi connectivity index (χ1n) is 6.03. The first kappa shape index (κ1) is 10.5. The maximum absolute atomic E-state index is 9.94. The van der Waals surface area contributed by atoms with Crippen molar-refractivity contribution in [1.82, 2.24) is 0 Å². The van der Waals surface area contributed by atoms with Gasteiger partial charge in [0.1, 0.15) is 0 Å². The SMILES string of the molecule is CC(C)(O)CC1C2CCC(C2)C1(C)C. The Labute approximate surface area is 87.9 Å². The van der Waals surface area contributed by atoms with Crippen molar-refractivity contribution in [3.05, 3.63) is 0 Å². The highest BCUT2D eigenvalue weighted by Gasteiger charge is 2.53. The first-order chi connectivity index (χ1) is 6.31. The summed E-state index contributed by atoms with van der Waals surface area (Å²) in [5, 5.41) is 9.94. The zero-order chi connectivity index (χ0) is 10.6. The van der Waals surface area contributed by atoms with Crippen LogP contribution >= 0.6 is 0 Å². The van der Waals surface area contributed by atoms with Crippen LogP contribution in [0, 0.1) is 23.2 Å². The molecule has 0 spiro atoms. The van der Waals surface area contributed by atoms with Crippen molar-refractivity contribution in [2.24, 2.45) is 23.2 Å². The quantitative estimate of drug-likeness (QED) is 0.719. The van der Waals surface area contributed by atoms with Crippen molar-refractivity contribution < 1.29 is 5.11 Å². The van der Waals surface area contributed by atoms with E-state index in [9.17, 15) is 5.11 Å². The van der Waals surface area contributed by atoms with Crippen LogP contribution < -0.4 is 0 Å². The highest BCUT2D eigenvalue weighted by Crippen LogP contribution is 2.61. The van der Waals surface area contributed by atoms with Crippen LogP contribution in [0.25, 0.3) is 0 Å². The molecule has 3 atom stereocenters. The highest BCUT2D eigenvalue weighted by molar-refractivity contribution is 5.02. The fraction of sp³-hybridized carbons (Fsp3) is 1.00. The van der Waals surface area contributed by atoms with E-state index in [4.69, 9.17) is 0 Å². The molecule has 0 heterocycles. The second-order valence-electron chi connectivity index (χ2n) is 6.71. The molecule has 0 aromatic heterocycles. The van der Waals surface area contributed by atoms with Gasteiger partial charge in [-0.2, -0.15) is 0 Å². The average molecular weight is 196 g/mol. The Bertz CT molecular complexity index is 224. The van der Waals surface area contributed by atoms with Crippen molar-refractivity contribution >= 4 is 0 Å². The van der Waals surface area contributed by atoms with Gasteiger partial charge in [-0.3, -0.25) is 0 Å². The molecule has 1 nitrogen and oxygen atoms in total. The summed E-state index contributed by atoms with van der Waals surface area (Å²) in [7, 11) is 0. The lowest BCUT2D eigenvalue weighted by atomic mass is 9.65. The summed E-state index contributed by atoms with van der Waals surface area (Å²) in [6.07, 6.45) is 5.25. The molecule has 0 saturated heterocycles. The number of aliphatic hydroxyl groups is 1. The molecule has 2 bridgehead atoms. The van der Waals surface area contributed by atoms with Gasteiger partial charge >= 0.3 is 0 Å². The minimum atomic E-state index is -0.480. The van der Waals surface area contributed by atoms with E-state index in [0.29, 0.717) is 5.41 Å². The van der Waals surface area contributed by atoms with E-state index in [1.807, 2.05) is 13.8 Å². The molecule has 1 N–H and O–H groups in total. The molecule has 2 fully saturated rings. The van der Waals surface area contributed by atoms with Crippen molar-refractivity contribution in [3.8, 4) is 0 Å². The lowest BCUT2D eigenvalue weighted by Crippen LogP contribution is -2.36. The maximum Gasteiger partial charge on any atom is 0.0594 e. The number of hydrogen-bond donors (Lipinski definition) is 1. The fourth-order valence-corrected chi connectivity index (χ4v) is 3.94. The third-order valence-electron chi connectivity index (χ3n) is 4.77. The third kappa shape index (κ3) is 1.60. The molecule has 0 aliphatic heterocycles. The van der Waals surface area contributed by atoms with E-state index in [-0.39, 0.29) is 0 Å². The topological polar surface area (TPSA) is 20.2 Å². The van der Waals surface area contributed by atoms with Gasteiger partial charge in [0.15, 0.2) is 0 Å². The molecule has 2 aliphatic carbocycles. The summed E-state index contributed by atoms with van der Waals surface area (Å²) in [4.78, 5) is 0. The Hall–Kier alpha value is -0.0400. The Morgan fingerprint density at radius 2 is 1.93 bits per heavy atom. The minimum absolute atomic E-state index is 0.475. The second-order valence-corrected chi connectivity index (χ2v) is 6.71. The lowest BCUT2D eigenvalue weighted by Gasteiger charge is -2.41. The van der Waals surface area contributed by atoms with Gasteiger partial charge in [0, 0.05) is 0 Å². The van der Waals surface area contributed by atoms with Crippen LogP contribution in [-0.2, 0) is 0 Å². The molecule has 3 unspecified atom stereocenters. The molecule has 0 aromatic carbocycles. The number of hydrogen-bond acceptors (Lipinski definition) is 1. The van der Waals surface area contributed by atoms with Crippen LogP contribution in [-0.4, -0.2) is 10.7 Å². The smallest absolute Gasteiger partial charge is 0.0594 e. The summed E-state index contributed by atoms with van der Waals surface area (Å²) in [5.41, 5.74) is -0.00463. The number of rotatable bonds is 2. The van der Waals surface area contributed by atoms with Crippen LogP contribution in [0.5, 0.6) is 0 Å². The molecule has 2 aliphatic rings. The predicted molar refractivity (Wildman–Crippen MR) is 59.0 cm³/mol. The van der Waals surface area contributed by atoms with Crippen LogP contribution in [0.4, 0.5) is 0 Å². The molecule has 2 saturated carbocycles. The molecule has 1 heteroatoms. The van der Waals surface area contributed by atoms with Gasteiger partial charge in [-0.15, -0.1) is 0 Å². The van der Waals surface area contributed by atoms with Crippen molar-refractivity contribution in [2.75, 3.05) is 0 Å². The van der Waals surface area contributed by atoms with Crippen LogP contribution in [0.2, 0.25) is 0 Å². The first-order valence-corrected chi connectivity index (χ1v) is 6.03. The predicted octanol–water partition coefficient (Wildman–Crippen LogP) is 3.22. The van der Waals surface area contributed by atoms with Gasteiger partial charge < -0.3 is 5.11 Å². The summed E-state index contributed by atoms with van der Waals surface area (Å²) < 4.78 is 0. The van der Waals surface area contributed by atoms with E-state index in [1.54, 1.807) is 0 Å². The molecule has 82 valence electrons. The summed E-state index contributed by atoms with van der Waals surface area (Å²) in [6, 6.07) is 0. The van der Waals surface area contributed by atoms with Crippen molar-refractivity contribution in [2.45, 2.75) is 59.0 Å². The van der Waals surface area contributed by atoms with Gasteiger partial charge in [0.2, 0.25) is 0 Å². The van der Waals surface area contributed by atoms with E-state index in [2.05, 4.69) is 13.8 Å². The number of fused-ring (bicyclic) bond motifs is 2. The van der Waals surface area contributed by atoms with Crippen LogP contribution in [0.1, 0.15) is 53.4 Å². The molecular weight excluding hydrogens is 172 g/mol. The highest BCUT2D eigenvalue weighted by atomic mass is 16.3. The Balaban J connectivity index is 2.12. The molecule has 0 aromatic rings. The van der Waals surface area contributed by atoms with Gasteiger partial charge in [-0.1, -0.05) is 13.8 Å². The molecule has 2 rings (SSSR count). The van der Waals surface area contributed by atoms with Crippen molar-refractivity contribution in [3.63, 3.8) is 0 Å². The van der Waals surface area contributed by atoms with E-state index < -0.39 is 5.60 Å². The third-order valence-corrected chi connectivity index (χ3v) is 4.77. The van der Waals surface area contributed by atoms with Gasteiger partial charge in [0.05, 0.1) is 5.60 Å². The molecule has 14 heavy (non-hydrogen) atoms. The van der Waals surface area contributed by atoms with Crippen molar-refractivity contribution in [1.29, 1.82) is 0 Å². The van der Waals surface area contributed by atoms with Gasteiger partial charge in [0.25, 0.3) is 0 Å². The maximum atomic E-state index is 9.94. The Morgan fingerprint density at radius 1 is 1.29 bits per heavy atom.